The number of amides is 1. The number of thioether (sulfide) groups is 1. The van der Waals surface area contributed by atoms with Crippen LogP contribution in [0.3, 0.4) is 0 Å². The normalized spacial score (nSPS) is 22.7. The van der Waals surface area contributed by atoms with E-state index in [1.165, 1.54) is 59.8 Å². The molecule has 37 heavy (non-hydrogen) atoms. The maximum Gasteiger partial charge on any atom is 0.300 e. The SMILES string of the molecule is CC[C@@H]1[C@H]2CC[C@@H](C2)[C@@H]1NC(=O)CSc1nc2ccc(Br)cc2c2nc(=O)c(-c3ccc(F)cc3)nn12. The number of fused-ring (bicyclic) bond motifs is 5. The zero-order valence-electron chi connectivity index (χ0n) is 20.2. The Hall–Kier alpha value is -2.85. The average molecular weight is 582 g/mol. The molecular formula is C27H25BrFN5O2S. The third kappa shape index (κ3) is 4.54. The number of hydrogen-bond acceptors (Lipinski definition) is 6. The van der Waals surface area contributed by atoms with Crippen molar-refractivity contribution in [2.75, 3.05) is 5.75 Å². The number of halogens is 2. The highest BCUT2D eigenvalue weighted by molar-refractivity contribution is 9.10. The van der Waals surface area contributed by atoms with Gasteiger partial charge in [0, 0.05) is 21.5 Å². The van der Waals surface area contributed by atoms with Crippen molar-refractivity contribution in [3.8, 4) is 11.3 Å². The first-order chi connectivity index (χ1) is 17.9. The van der Waals surface area contributed by atoms with Gasteiger partial charge in [-0.05, 0) is 79.5 Å². The van der Waals surface area contributed by atoms with Gasteiger partial charge in [0.2, 0.25) is 5.91 Å². The lowest BCUT2D eigenvalue weighted by Crippen LogP contribution is -2.44. The molecule has 10 heteroatoms. The summed E-state index contributed by atoms with van der Waals surface area (Å²) in [5, 5.41) is 9.00. The van der Waals surface area contributed by atoms with E-state index < -0.39 is 11.4 Å². The van der Waals surface area contributed by atoms with Crippen LogP contribution in [-0.2, 0) is 4.79 Å². The molecule has 6 rings (SSSR count). The van der Waals surface area contributed by atoms with Crippen LogP contribution >= 0.6 is 27.7 Å². The van der Waals surface area contributed by atoms with Gasteiger partial charge in [0.1, 0.15) is 5.82 Å². The van der Waals surface area contributed by atoms with Crippen LogP contribution in [0, 0.1) is 23.6 Å². The molecule has 2 aromatic carbocycles. The van der Waals surface area contributed by atoms with Crippen LogP contribution in [0.5, 0.6) is 0 Å². The van der Waals surface area contributed by atoms with E-state index in [1.54, 1.807) is 0 Å². The van der Waals surface area contributed by atoms with E-state index in [-0.39, 0.29) is 23.4 Å². The van der Waals surface area contributed by atoms with E-state index in [0.717, 1.165) is 16.8 Å². The monoisotopic (exact) mass is 581 g/mol. The summed E-state index contributed by atoms with van der Waals surface area (Å²) in [5.41, 5.74) is 1.03. The largest absolute Gasteiger partial charge is 0.352 e. The van der Waals surface area contributed by atoms with Crippen molar-refractivity contribution in [2.45, 2.75) is 43.8 Å². The van der Waals surface area contributed by atoms with Crippen molar-refractivity contribution in [3.63, 3.8) is 0 Å². The zero-order chi connectivity index (χ0) is 25.7. The molecule has 190 valence electrons. The molecule has 0 spiro atoms. The Morgan fingerprint density at radius 1 is 1.16 bits per heavy atom. The third-order valence-corrected chi connectivity index (χ3v) is 9.17. The van der Waals surface area contributed by atoms with Gasteiger partial charge >= 0.3 is 0 Å². The summed E-state index contributed by atoms with van der Waals surface area (Å²) in [6.45, 7) is 2.21. The number of nitrogens with one attached hydrogen (secondary N) is 1. The van der Waals surface area contributed by atoms with E-state index in [9.17, 15) is 14.0 Å². The van der Waals surface area contributed by atoms with E-state index >= 15 is 0 Å². The molecule has 1 N–H and O–H groups in total. The summed E-state index contributed by atoms with van der Waals surface area (Å²) in [6, 6.07) is 11.3. The summed E-state index contributed by atoms with van der Waals surface area (Å²) in [5.74, 6) is 1.61. The fraction of sp³-hybridized carbons (Fsp3) is 0.370. The number of rotatable bonds is 6. The van der Waals surface area contributed by atoms with Gasteiger partial charge in [0.15, 0.2) is 16.5 Å². The molecule has 2 saturated carbocycles. The Morgan fingerprint density at radius 3 is 2.73 bits per heavy atom. The Balaban J connectivity index is 1.35. The average Bonchev–Trinajstić information content (AvgIpc) is 3.49. The van der Waals surface area contributed by atoms with Crippen molar-refractivity contribution >= 4 is 50.1 Å². The Bertz CT molecular complexity index is 1580. The molecule has 4 aromatic rings. The van der Waals surface area contributed by atoms with E-state index in [2.05, 4.69) is 38.3 Å². The molecule has 4 atom stereocenters. The standard InChI is InChI=1S/C27H25BrFN5O2S/c1-2-19-15-3-4-16(11-15)23(19)31-22(35)13-37-27-30-21-10-7-17(28)12-20(21)25-32-26(36)24(33-34(25)27)14-5-8-18(29)9-6-14/h5-10,12,15-16,19,23H,2-4,11,13H2,1H3,(H,31,35)/t15-,16-,19+,23-/m0/s1. The van der Waals surface area contributed by atoms with Crippen LogP contribution in [0.2, 0.25) is 0 Å². The smallest absolute Gasteiger partial charge is 0.300 e. The lowest BCUT2D eigenvalue weighted by molar-refractivity contribution is -0.120. The Morgan fingerprint density at radius 2 is 1.95 bits per heavy atom. The van der Waals surface area contributed by atoms with E-state index in [1.807, 2.05) is 18.2 Å². The second-order valence-corrected chi connectivity index (χ2v) is 11.7. The summed E-state index contributed by atoms with van der Waals surface area (Å²) in [7, 11) is 0. The van der Waals surface area contributed by atoms with Crippen molar-refractivity contribution in [1.82, 2.24) is 24.9 Å². The fourth-order valence-corrected chi connectivity index (χ4v) is 7.21. The van der Waals surface area contributed by atoms with Gasteiger partial charge in [-0.3, -0.25) is 9.59 Å². The highest BCUT2D eigenvalue weighted by Crippen LogP contribution is 2.49. The molecule has 7 nitrogen and oxygen atoms in total. The molecule has 2 heterocycles. The van der Waals surface area contributed by atoms with Crippen LogP contribution in [-0.4, -0.2) is 37.3 Å². The number of carbonyl (C=O) groups excluding carboxylic acids is 1. The van der Waals surface area contributed by atoms with Gasteiger partial charge in [-0.1, -0.05) is 41.0 Å². The predicted octanol–water partition coefficient (Wildman–Crippen LogP) is 5.24. The molecule has 0 saturated heterocycles. The summed E-state index contributed by atoms with van der Waals surface area (Å²) in [4.78, 5) is 35.1. The maximum absolute atomic E-state index is 13.5. The summed E-state index contributed by atoms with van der Waals surface area (Å²) >= 11 is 4.74. The molecule has 2 bridgehead atoms. The number of benzene rings is 2. The number of nitrogens with zero attached hydrogens (tertiary/aromatic N) is 4. The number of hydrogen-bond donors (Lipinski definition) is 1. The van der Waals surface area contributed by atoms with E-state index in [4.69, 9.17) is 4.98 Å². The van der Waals surface area contributed by atoms with Crippen LogP contribution < -0.4 is 10.9 Å². The summed E-state index contributed by atoms with van der Waals surface area (Å²) < 4.78 is 15.8. The minimum absolute atomic E-state index is 0.0281. The van der Waals surface area contributed by atoms with Crippen LogP contribution in [0.4, 0.5) is 4.39 Å². The first-order valence-corrected chi connectivity index (χ1v) is 14.3. The molecule has 2 aromatic heterocycles. The second-order valence-electron chi connectivity index (χ2n) is 9.85. The summed E-state index contributed by atoms with van der Waals surface area (Å²) in [6.07, 6.45) is 4.78. The van der Waals surface area contributed by atoms with Gasteiger partial charge in [-0.25, -0.2) is 9.37 Å². The van der Waals surface area contributed by atoms with Gasteiger partial charge in [0.25, 0.3) is 5.56 Å². The van der Waals surface area contributed by atoms with Crippen molar-refractivity contribution in [1.29, 1.82) is 0 Å². The number of carbonyl (C=O) groups is 1. The second kappa shape index (κ2) is 9.79. The molecule has 1 amide bonds. The topological polar surface area (TPSA) is 89.2 Å². The Labute approximate surface area is 225 Å². The quantitative estimate of drug-likeness (QED) is 0.190. The first-order valence-electron chi connectivity index (χ1n) is 12.5. The minimum Gasteiger partial charge on any atom is -0.352 e. The molecule has 2 aliphatic rings. The van der Waals surface area contributed by atoms with Gasteiger partial charge in [0.05, 0.1) is 11.3 Å². The molecular weight excluding hydrogens is 557 g/mol. The fourth-order valence-electron chi connectivity index (χ4n) is 6.09. The molecule has 0 radical (unpaired) electrons. The Kier molecular flexibility index (Phi) is 6.48. The predicted molar refractivity (Wildman–Crippen MR) is 145 cm³/mol. The van der Waals surface area contributed by atoms with Crippen molar-refractivity contribution < 1.29 is 9.18 Å². The van der Waals surface area contributed by atoms with E-state index in [0.29, 0.717) is 39.1 Å². The highest BCUT2D eigenvalue weighted by Gasteiger charge is 2.46. The first kappa shape index (κ1) is 24.5. The lowest BCUT2D eigenvalue weighted by Gasteiger charge is -2.31. The lowest BCUT2D eigenvalue weighted by atomic mass is 9.83. The van der Waals surface area contributed by atoms with Crippen molar-refractivity contribution in [3.05, 3.63) is 63.1 Å². The molecule has 0 aliphatic heterocycles. The van der Waals surface area contributed by atoms with Gasteiger partial charge in [-0.2, -0.15) is 14.6 Å². The van der Waals surface area contributed by atoms with Crippen molar-refractivity contribution in [2.24, 2.45) is 17.8 Å². The van der Waals surface area contributed by atoms with Gasteiger partial charge < -0.3 is 5.32 Å². The highest BCUT2D eigenvalue weighted by atomic mass is 79.9. The van der Waals surface area contributed by atoms with Crippen LogP contribution in [0.1, 0.15) is 32.6 Å². The minimum atomic E-state index is -0.519. The molecule has 0 unspecified atom stereocenters. The van der Waals surface area contributed by atoms with Gasteiger partial charge in [-0.15, -0.1) is 0 Å². The molecule has 2 fully saturated rings. The zero-order valence-corrected chi connectivity index (χ0v) is 22.6. The van der Waals surface area contributed by atoms with Crippen LogP contribution in [0.25, 0.3) is 27.8 Å². The maximum atomic E-state index is 13.5. The number of aromatic nitrogens is 4. The third-order valence-electron chi connectivity index (χ3n) is 7.74. The molecule has 2 aliphatic carbocycles. The van der Waals surface area contributed by atoms with Crippen LogP contribution in [0.15, 0.2) is 56.9 Å².